The number of halogens is 6. The summed E-state index contributed by atoms with van der Waals surface area (Å²) in [4.78, 5) is 0. The van der Waals surface area contributed by atoms with Crippen molar-refractivity contribution >= 4 is 6.08 Å². The SMILES string of the molecule is C=Cc1ccc(OCC(O)(C(F)(F)F)C(F)(F)F)cc1. The van der Waals surface area contributed by atoms with E-state index in [0.717, 1.165) is 0 Å². The van der Waals surface area contributed by atoms with Gasteiger partial charge in [0.2, 0.25) is 0 Å². The molecule has 0 aliphatic carbocycles. The van der Waals surface area contributed by atoms with Crippen LogP contribution in [0.4, 0.5) is 26.3 Å². The molecule has 8 heteroatoms. The summed E-state index contributed by atoms with van der Waals surface area (Å²) in [6.07, 6.45) is -10.4. The van der Waals surface area contributed by atoms with Gasteiger partial charge in [-0.3, -0.25) is 0 Å². The summed E-state index contributed by atoms with van der Waals surface area (Å²) < 4.78 is 78.6. The van der Waals surface area contributed by atoms with Crippen LogP contribution >= 0.6 is 0 Å². The van der Waals surface area contributed by atoms with E-state index < -0.39 is 24.6 Å². The largest absolute Gasteiger partial charge is 0.490 e. The molecule has 0 aromatic heterocycles. The highest BCUT2D eigenvalue weighted by atomic mass is 19.4. The molecule has 1 rings (SSSR count). The molecule has 0 saturated carbocycles. The van der Waals surface area contributed by atoms with E-state index in [-0.39, 0.29) is 5.75 Å². The van der Waals surface area contributed by atoms with Gasteiger partial charge in [0.25, 0.3) is 5.60 Å². The Morgan fingerprint density at radius 1 is 1.00 bits per heavy atom. The molecule has 0 amide bonds. The van der Waals surface area contributed by atoms with Crippen LogP contribution in [0.3, 0.4) is 0 Å². The fourth-order valence-corrected chi connectivity index (χ4v) is 1.21. The van der Waals surface area contributed by atoms with E-state index in [4.69, 9.17) is 5.11 Å². The van der Waals surface area contributed by atoms with Crippen molar-refractivity contribution in [1.29, 1.82) is 0 Å². The zero-order valence-corrected chi connectivity index (χ0v) is 9.92. The van der Waals surface area contributed by atoms with Crippen molar-refractivity contribution in [2.75, 3.05) is 6.61 Å². The number of alkyl halides is 6. The first-order valence-corrected chi connectivity index (χ1v) is 5.22. The maximum atomic E-state index is 12.4. The van der Waals surface area contributed by atoms with Crippen molar-refractivity contribution < 1.29 is 36.2 Å². The van der Waals surface area contributed by atoms with Crippen LogP contribution in [0.1, 0.15) is 5.56 Å². The summed E-state index contributed by atoms with van der Waals surface area (Å²) in [7, 11) is 0. The normalized spacial score (nSPS) is 13.2. The molecule has 1 aromatic rings. The summed E-state index contributed by atoms with van der Waals surface area (Å²) in [5, 5.41) is 8.86. The third-order valence-corrected chi connectivity index (χ3v) is 2.50. The maximum Gasteiger partial charge on any atom is 0.429 e. The highest BCUT2D eigenvalue weighted by molar-refractivity contribution is 5.48. The topological polar surface area (TPSA) is 29.5 Å². The minimum atomic E-state index is -5.90. The smallest absolute Gasteiger partial charge is 0.429 e. The summed E-state index contributed by atoms with van der Waals surface area (Å²) in [5.74, 6) is -0.234. The van der Waals surface area contributed by atoms with E-state index in [0.29, 0.717) is 5.56 Å². The second-order valence-corrected chi connectivity index (χ2v) is 3.92. The first kappa shape index (κ1) is 16.4. The highest BCUT2D eigenvalue weighted by Gasteiger charge is 2.71. The second-order valence-electron chi connectivity index (χ2n) is 3.92. The molecule has 0 spiro atoms. The van der Waals surface area contributed by atoms with E-state index in [1.807, 2.05) is 0 Å². The van der Waals surface area contributed by atoms with Gasteiger partial charge in [0.1, 0.15) is 12.4 Å². The number of aliphatic hydroxyl groups is 1. The fraction of sp³-hybridized carbons (Fsp3) is 0.333. The average molecular weight is 300 g/mol. The molecule has 1 N–H and O–H groups in total. The van der Waals surface area contributed by atoms with Gasteiger partial charge < -0.3 is 9.84 Å². The van der Waals surface area contributed by atoms with Crippen LogP contribution in [-0.2, 0) is 0 Å². The number of hydrogen-bond acceptors (Lipinski definition) is 2. The Labute approximate surface area is 110 Å². The minimum absolute atomic E-state index is 0.234. The molecule has 0 aliphatic heterocycles. The van der Waals surface area contributed by atoms with Gasteiger partial charge >= 0.3 is 12.4 Å². The molecule has 0 bridgehead atoms. The molecule has 2 nitrogen and oxygen atoms in total. The highest BCUT2D eigenvalue weighted by Crippen LogP contribution is 2.43. The average Bonchev–Trinajstić information content (AvgIpc) is 2.33. The maximum absolute atomic E-state index is 12.4. The Kier molecular flexibility index (Phi) is 4.38. The van der Waals surface area contributed by atoms with Crippen molar-refractivity contribution in [3.8, 4) is 5.75 Å². The van der Waals surface area contributed by atoms with Crippen molar-refractivity contribution in [3.05, 3.63) is 36.4 Å². The monoisotopic (exact) mass is 300 g/mol. The zero-order chi connectivity index (χ0) is 15.6. The molecule has 0 radical (unpaired) electrons. The van der Waals surface area contributed by atoms with Crippen LogP contribution in [-0.4, -0.2) is 29.7 Å². The third-order valence-electron chi connectivity index (χ3n) is 2.50. The number of ether oxygens (including phenoxy) is 1. The number of hydrogen-bond donors (Lipinski definition) is 1. The predicted molar refractivity (Wildman–Crippen MR) is 59.1 cm³/mol. The number of benzene rings is 1. The molecule has 20 heavy (non-hydrogen) atoms. The summed E-state index contributed by atoms with van der Waals surface area (Å²) in [5.41, 5.74) is -4.31. The van der Waals surface area contributed by atoms with E-state index in [9.17, 15) is 26.3 Å². The Morgan fingerprint density at radius 2 is 1.45 bits per heavy atom. The Bertz CT molecular complexity index is 446. The molecule has 0 unspecified atom stereocenters. The summed E-state index contributed by atoms with van der Waals surface area (Å²) in [6.45, 7) is 1.45. The molecule has 0 aliphatic rings. The minimum Gasteiger partial charge on any atom is -0.490 e. The quantitative estimate of drug-likeness (QED) is 0.862. The molecule has 0 saturated heterocycles. The van der Waals surface area contributed by atoms with Crippen molar-refractivity contribution in [3.63, 3.8) is 0 Å². The predicted octanol–water partition coefficient (Wildman–Crippen LogP) is 3.56. The van der Waals surface area contributed by atoms with E-state index in [2.05, 4.69) is 11.3 Å². The Balaban J connectivity index is 2.90. The van der Waals surface area contributed by atoms with Gasteiger partial charge in [-0.25, -0.2) is 0 Å². The third kappa shape index (κ3) is 3.24. The van der Waals surface area contributed by atoms with Gasteiger partial charge in [-0.15, -0.1) is 0 Å². The molecule has 112 valence electrons. The van der Waals surface area contributed by atoms with Crippen LogP contribution < -0.4 is 4.74 Å². The molecule has 0 fully saturated rings. The summed E-state index contributed by atoms with van der Waals surface area (Å²) in [6, 6.07) is 5.12. The second kappa shape index (κ2) is 5.35. The van der Waals surface area contributed by atoms with Gasteiger partial charge in [-0.2, -0.15) is 26.3 Å². The van der Waals surface area contributed by atoms with Gasteiger partial charge in [0, 0.05) is 0 Å². The van der Waals surface area contributed by atoms with Crippen molar-refractivity contribution in [2.45, 2.75) is 18.0 Å². The van der Waals surface area contributed by atoms with Crippen LogP contribution in [0.5, 0.6) is 5.75 Å². The lowest BCUT2D eigenvalue weighted by molar-refractivity contribution is -0.373. The van der Waals surface area contributed by atoms with Gasteiger partial charge in [0.05, 0.1) is 0 Å². The Morgan fingerprint density at radius 3 is 1.80 bits per heavy atom. The van der Waals surface area contributed by atoms with Crippen LogP contribution in [0, 0.1) is 0 Å². The van der Waals surface area contributed by atoms with Crippen molar-refractivity contribution in [1.82, 2.24) is 0 Å². The molecular formula is C12H10F6O2. The molecule has 1 aromatic carbocycles. The lowest BCUT2D eigenvalue weighted by Gasteiger charge is -2.31. The summed E-state index contributed by atoms with van der Waals surface area (Å²) >= 11 is 0. The van der Waals surface area contributed by atoms with Crippen LogP contribution in [0.25, 0.3) is 6.08 Å². The van der Waals surface area contributed by atoms with Gasteiger partial charge in [-0.05, 0) is 17.7 Å². The lowest BCUT2D eigenvalue weighted by Crippen LogP contribution is -2.60. The van der Waals surface area contributed by atoms with Gasteiger partial charge in [-0.1, -0.05) is 24.8 Å². The molecular weight excluding hydrogens is 290 g/mol. The fourth-order valence-electron chi connectivity index (χ4n) is 1.21. The van der Waals surface area contributed by atoms with E-state index in [1.54, 1.807) is 0 Å². The van der Waals surface area contributed by atoms with Gasteiger partial charge in [0.15, 0.2) is 0 Å². The number of rotatable bonds is 4. The molecule has 0 heterocycles. The Hall–Kier alpha value is -1.70. The lowest BCUT2D eigenvalue weighted by atomic mass is 10.0. The van der Waals surface area contributed by atoms with E-state index >= 15 is 0 Å². The first-order valence-electron chi connectivity index (χ1n) is 5.22. The zero-order valence-electron chi connectivity index (χ0n) is 9.92. The van der Waals surface area contributed by atoms with E-state index in [1.165, 1.54) is 30.3 Å². The van der Waals surface area contributed by atoms with Crippen molar-refractivity contribution in [2.24, 2.45) is 0 Å². The molecule has 0 atom stereocenters. The van der Waals surface area contributed by atoms with Crippen LogP contribution in [0.15, 0.2) is 30.8 Å². The standard InChI is InChI=1S/C12H10F6O2/c1-2-8-3-5-9(6-4-8)20-7-10(19,11(13,14)15)12(16,17)18/h2-6,19H,1,7H2. The first-order chi connectivity index (χ1) is 9.01. The van der Waals surface area contributed by atoms with Crippen LogP contribution in [0.2, 0.25) is 0 Å².